The first-order valence-electron chi connectivity index (χ1n) is 5.53. The van der Waals surface area contributed by atoms with Crippen LogP contribution in [-0.4, -0.2) is 46.8 Å². The van der Waals surface area contributed by atoms with E-state index in [2.05, 4.69) is 72.4 Å². The Bertz CT molecular complexity index is 711. The minimum absolute atomic E-state index is 0.0353. The monoisotopic (exact) mass is 516 g/mol. The second kappa shape index (κ2) is 8.82. The summed E-state index contributed by atoms with van der Waals surface area (Å²) in [5.41, 5.74) is 0. The summed E-state index contributed by atoms with van der Waals surface area (Å²) in [6.45, 7) is 0. The number of hydrogen-bond acceptors (Lipinski definition) is 6. The van der Waals surface area contributed by atoms with Crippen molar-refractivity contribution >= 4 is 63.9 Å². The normalized spacial score (nSPS) is 10.8. The Kier molecular flexibility index (Phi) is 7.76. The number of aromatic nitrogens is 4. The highest BCUT2D eigenvalue weighted by atomic mass is 79.9. The van der Waals surface area contributed by atoms with Crippen LogP contribution >= 0.6 is 47.8 Å². The molecule has 0 aliphatic carbocycles. The van der Waals surface area contributed by atoms with Crippen molar-refractivity contribution in [2.75, 3.05) is 18.8 Å². The van der Waals surface area contributed by atoms with E-state index in [-0.39, 0.29) is 5.95 Å². The Labute approximate surface area is 153 Å². The van der Waals surface area contributed by atoms with Gasteiger partial charge in [0.05, 0.1) is 0 Å². The van der Waals surface area contributed by atoms with Crippen molar-refractivity contribution < 1.29 is 8.42 Å². The number of hydrogen-bond donors (Lipinski definition) is 1. The third kappa shape index (κ3) is 7.05. The standard InChI is InChI=1S/C6H9BrN4O2S.C4H2Br2N2/c1-11(2)14(12,13)10-6-8-4-3-5(7)9-6;5-3-1-2-7-4(6)8-3/h3-4H,1-2H3,(H,8,9,10);1-2H. The summed E-state index contributed by atoms with van der Waals surface area (Å²) in [6.07, 6.45) is 3.12. The van der Waals surface area contributed by atoms with Gasteiger partial charge in [-0.2, -0.15) is 12.7 Å². The predicted molar refractivity (Wildman–Crippen MR) is 93.4 cm³/mol. The number of rotatable bonds is 3. The maximum atomic E-state index is 11.3. The van der Waals surface area contributed by atoms with Crippen LogP contribution in [0.3, 0.4) is 0 Å². The lowest BCUT2D eigenvalue weighted by Gasteiger charge is -2.11. The molecule has 0 aliphatic heterocycles. The van der Waals surface area contributed by atoms with E-state index in [4.69, 9.17) is 0 Å². The number of halogens is 3. The molecule has 0 aromatic carbocycles. The molecule has 0 unspecified atom stereocenters. The highest BCUT2D eigenvalue weighted by molar-refractivity contribution is 9.11. The van der Waals surface area contributed by atoms with Gasteiger partial charge in [0.25, 0.3) is 0 Å². The van der Waals surface area contributed by atoms with Crippen LogP contribution in [0.25, 0.3) is 0 Å². The topological polar surface area (TPSA) is 101 Å². The largest absolute Gasteiger partial charge is 0.303 e. The van der Waals surface area contributed by atoms with Gasteiger partial charge in [-0.1, -0.05) is 0 Å². The van der Waals surface area contributed by atoms with Gasteiger partial charge in [0.2, 0.25) is 5.95 Å². The second-order valence-corrected chi connectivity index (χ2v) is 7.96. The van der Waals surface area contributed by atoms with Crippen molar-refractivity contribution in [2.45, 2.75) is 0 Å². The van der Waals surface area contributed by atoms with Gasteiger partial charge in [0.15, 0.2) is 4.73 Å². The Hall–Kier alpha value is -0.690. The van der Waals surface area contributed by atoms with Gasteiger partial charge in [-0.3, -0.25) is 0 Å². The SMILES string of the molecule is Brc1ccnc(Br)n1.CN(C)S(=O)(=O)Nc1nccc(Br)n1. The molecule has 2 aromatic rings. The van der Waals surface area contributed by atoms with Crippen molar-refractivity contribution in [1.82, 2.24) is 24.2 Å². The van der Waals surface area contributed by atoms with Gasteiger partial charge in [-0.25, -0.2) is 24.7 Å². The average Bonchev–Trinajstić information content (AvgIpc) is 2.38. The van der Waals surface area contributed by atoms with Crippen molar-refractivity contribution in [3.63, 3.8) is 0 Å². The first-order valence-corrected chi connectivity index (χ1v) is 9.35. The molecule has 12 heteroatoms. The Morgan fingerprint density at radius 1 is 1.00 bits per heavy atom. The first kappa shape index (κ1) is 19.4. The fraction of sp³-hybridized carbons (Fsp3) is 0.200. The predicted octanol–water partition coefficient (Wildman–Crippen LogP) is 2.46. The van der Waals surface area contributed by atoms with E-state index < -0.39 is 10.2 Å². The van der Waals surface area contributed by atoms with Crippen LogP contribution in [0.4, 0.5) is 5.95 Å². The molecule has 2 aromatic heterocycles. The molecule has 0 saturated carbocycles. The summed E-state index contributed by atoms with van der Waals surface area (Å²) in [5.74, 6) is 0.0353. The summed E-state index contributed by atoms with van der Waals surface area (Å²) in [7, 11) is -0.697. The van der Waals surface area contributed by atoms with Crippen LogP contribution in [0.5, 0.6) is 0 Å². The van der Waals surface area contributed by atoms with Gasteiger partial charge < -0.3 is 0 Å². The van der Waals surface area contributed by atoms with Gasteiger partial charge in [0, 0.05) is 26.5 Å². The summed E-state index contributed by atoms with van der Waals surface area (Å²) in [4.78, 5) is 15.3. The minimum atomic E-state index is -3.53. The summed E-state index contributed by atoms with van der Waals surface area (Å²) in [5, 5.41) is 0. The second-order valence-electron chi connectivity index (χ2n) is 3.74. The summed E-state index contributed by atoms with van der Waals surface area (Å²) >= 11 is 9.40. The van der Waals surface area contributed by atoms with Crippen molar-refractivity contribution in [3.05, 3.63) is 38.5 Å². The molecule has 0 atom stereocenters. The van der Waals surface area contributed by atoms with E-state index in [0.29, 0.717) is 9.34 Å². The Balaban J connectivity index is 0.000000255. The molecule has 0 spiro atoms. The van der Waals surface area contributed by atoms with Gasteiger partial charge >= 0.3 is 10.2 Å². The van der Waals surface area contributed by atoms with E-state index in [9.17, 15) is 8.42 Å². The van der Waals surface area contributed by atoms with E-state index in [1.807, 2.05) is 0 Å². The molecular formula is C10H11Br3N6O2S. The highest BCUT2D eigenvalue weighted by Gasteiger charge is 2.14. The zero-order valence-corrected chi connectivity index (χ0v) is 17.0. The molecule has 1 N–H and O–H groups in total. The quantitative estimate of drug-likeness (QED) is 0.495. The lowest BCUT2D eigenvalue weighted by Crippen LogP contribution is -2.29. The molecule has 0 amide bonds. The number of anilines is 1. The molecule has 0 fully saturated rings. The zero-order valence-electron chi connectivity index (χ0n) is 11.4. The van der Waals surface area contributed by atoms with Gasteiger partial charge in [0.1, 0.15) is 9.21 Å². The maximum Gasteiger partial charge on any atom is 0.303 e. The van der Waals surface area contributed by atoms with Crippen molar-refractivity contribution in [3.8, 4) is 0 Å². The molecule has 8 nitrogen and oxygen atoms in total. The smallest absolute Gasteiger partial charge is 0.238 e. The van der Waals surface area contributed by atoms with E-state index >= 15 is 0 Å². The molecule has 0 saturated heterocycles. The first-order chi connectivity index (χ1) is 10.2. The number of nitrogens with one attached hydrogen (secondary N) is 1. The molecule has 22 heavy (non-hydrogen) atoms. The van der Waals surface area contributed by atoms with Crippen LogP contribution in [0, 0.1) is 0 Å². The molecule has 2 rings (SSSR count). The molecule has 0 aliphatic rings. The fourth-order valence-corrected chi connectivity index (χ4v) is 2.54. The van der Waals surface area contributed by atoms with Crippen molar-refractivity contribution in [2.24, 2.45) is 0 Å². The molecule has 2 heterocycles. The third-order valence-electron chi connectivity index (χ3n) is 1.91. The van der Waals surface area contributed by atoms with E-state index in [0.717, 1.165) is 8.91 Å². The van der Waals surface area contributed by atoms with Gasteiger partial charge in [-0.05, 0) is 59.9 Å². The van der Waals surface area contributed by atoms with Crippen LogP contribution in [-0.2, 0) is 10.2 Å². The zero-order chi connectivity index (χ0) is 16.8. The van der Waals surface area contributed by atoms with E-state index in [1.165, 1.54) is 20.3 Å². The lowest BCUT2D eigenvalue weighted by atomic mass is 10.7. The molecule has 120 valence electrons. The highest BCUT2D eigenvalue weighted by Crippen LogP contribution is 2.08. The molecule has 0 bridgehead atoms. The fourth-order valence-electron chi connectivity index (χ4n) is 0.907. The molecule has 0 radical (unpaired) electrons. The Morgan fingerprint density at radius 3 is 1.95 bits per heavy atom. The maximum absolute atomic E-state index is 11.3. The van der Waals surface area contributed by atoms with Crippen LogP contribution < -0.4 is 4.72 Å². The minimum Gasteiger partial charge on any atom is -0.238 e. The summed E-state index contributed by atoms with van der Waals surface area (Å²) < 4.78 is 27.8. The van der Waals surface area contributed by atoms with Crippen LogP contribution in [0.15, 0.2) is 38.5 Å². The van der Waals surface area contributed by atoms with Crippen LogP contribution in [0.1, 0.15) is 0 Å². The van der Waals surface area contributed by atoms with E-state index in [1.54, 1.807) is 18.3 Å². The van der Waals surface area contributed by atoms with Gasteiger partial charge in [-0.15, -0.1) is 0 Å². The van der Waals surface area contributed by atoms with Crippen LogP contribution in [0.2, 0.25) is 0 Å². The Morgan fingerprint density at radius 2 is 1.55 bits per heavy atom. The number of nitrogens with zero attached hydrogens (tertiary/aromatic N) is 5. The third-order valence-corrected chi connectivity index (χ3v) is 4.58. The lowest BCUT2D eigenvalue weighted by molar-refractivity contribution is 0.526. The average molecular weight is 519 g/mol. The summed E-state index contributed by atoms with van der Waals surface area (Å²) in [6, 6.07) is 3.37. The van der Waals surface area contributed by atoms with Crippen molar-refractivity contribution in [1.29, 1.82) is 0 Å². The molecular weight excluding hydrogens is 508 g/mol.